The Bertz CT molecular complexity index is 1410. The maximum atomic E-state index is 12.9. The molecule has 1 aromatic heterocycles. The third kappa shape index (κ3) is 16.7. The fraction of sp³-hybridized carbons (Fsp3) is 0.588. The lowest BCUT2D eigenvalue weighted by Gasteiger charge is -2.35. The number of rotatable bonds is 24. The first kappa shape index (κ1) is 41.3. The number of ether oxygens (including phenoxy) is 1. The Morgan fingerprint density at radius 2 is 1.17 bits per heavy atom. The second-order valence-electron chi connectivity index (χ2n) is 12.1. The molecule has 18 heteroatoms. The van der Waals surface area contributed by atoms with Crippen LogP contribution >= 0.6 is 0 Å². The minimum absolute atomic E-state index is 0.0360. The van der Waals surface area contributed by atoms with E-state index >= 15 is 0 Å². The van der Waals surface area contributed by atoms with E-state index in [-0.39, 0.29) is 99.8 Å². The normalized spacial score (nSPS) is 12.5. The van der Waals surface area contributed by atoms with Crippen LogP contribution in [0.5, 0.6) is 0 Å². The summed E-state index contributed by atoms with van der Waals surface area (Å²) >= 11 is 0. The molecule has 4 amide bonds. The number of carbonyl (C=O) groups excluding carboxylic acids is 5. The van der Waals surface area contributed by atoms with E-state index in [4.69, 9.17) is 16.2 Å². The molecule has 0 aliphatic carbocycles. The highest BCUT2D eigenvalue weighted by atomic mass is 16.5. The third-order valence-electron chi connectivity index (χ3n) is 7.90. The molecule has 3 rings (SSSR count). The van der Waals surface area contributed by atoms with Gasteiger partial charge in [0, 0.05) is 91.0 Å². The minimum Gasteiger partial charge on any atom is -0.461 e. The molecule has 0 bridgehead atoms. The van der Waals surface area contributed by atoms with Gasteiger partial charge in [0.25, 0.3) is 0 Å². The number of hydrogen-bond donors (Lipinski definition) is 7. The molecule has 0 radical (unpaired) electrons. The van der Waals surface area contributed by atoms with E-state index in [1.807, 2.05) is 35.2 Å². The van der Waals surface area contributed by atoms with Gasteiger partial charge in [-0.15, -0.1) is 0 Å². The maximum absolute atomic E-state index is 12.9. The van der Waals surface area contributed by atoms with Gasteiger partial charge >= 0.3 is 5.97 Å². The number of nitrogens with one attached hydrogen (secondary N) is 5. The van der Waals surface area contributed by atoms with Crippen LogP contribution in [0.4, 0.5) is 17.8 Å². The Morgan fingerprint density at radius 1 is 0.635 bits per heavy atom. The molecule has 1 saturated heterocycles. The SMILES string of the molecule is NCCCNC(=O)CCNC(=O)CCNc1nc(NCCC(=O)NCCCN)nc(N2CCN(C(=O)CCCC(=O)OCc3ccccc3)CC2)n1. The summed E-state index contributed by atoms with van der Waals surface area (Å²) < 4.78 is 5.31. The van der Waals surface area contributed by atoms with Crippen LogP contribution in [0.3, 0.4) is 0 Å². The number of hydrogen-bond acceptors (Lipinski definition) is 14. The third-order valence-corrected chi connectivity index (χ3v) is 7.90. The second-order valence-corrected chi connectivity index (χ2v) is 12.1. The number of esters is 1. The predicted molar refractivity (Wildman–Crippen MR) is 196 cm³/mol. The van der Waals surface area contributed by atoms with Crippen molar-refractivity contribution in [3.05, 3.63) is 35.9 Å². The van der Waals surface area contributed by atoms with Crippen LogP contribution in [0.15, 0.2) is 30.3 Å². The highest BCUT2D eigenvalue weighted by Crippen LogP contribution is 2.17. The number of benzene rings is 1. The molecule has 52 heavy (non-hydrogen) atoms. The average molecular weight is 727 g/mol. The number of nitrogens with two attached hydrogens (primary N) is 2. The van der Waals surface area contributed by atoms with Crippen molar-refractivity contribution >= 4 is 47.4 Å². The summed E-state index contributed by atoms with van der Waals surface area (Å²) in [6, 6.07) is 9.43. The molecule has 1 aliphatic heterocycles. The average Bonchev–Trinajstić information content (AvgIpc) is 3.14. The molecule has 286 valence electrons. The molecule has 1 fully saturated rings. The van der Waals surface area contributed by atoms with Crippen molar-refractivity contribution in [3.63, 3.8) is 0 Å². The Balaban J connectivity index is 1.48. The number of amides is 4. The summed E-state index contributed by atoms with van der Waals surface area (Å²) in [5.41, 5.74) is 11.8. The van der Waals surface area contributed by atoms with E-state index in [1.165, 1.54) is 0 Å². The standard InChI is InChI=1S/C34H54N12O6/c35-14-5-16-37-27(47)11-18-39-29(49)13-20-41-33-42-32(40-19-12-28(48)38-17-6-15-36)43-34(44-33)46-23-21-45(22-24-46)30(50)9-4-10-31(51)52-25-26-7-2-1-3-8-26/h1-3,7-8H,4-6,9-25,35-36H2,(H,37,47)(H,38,48)(H,39,49)(H2,40,41,42,43,44). The van der Waals surface area contributed by atoms with E-state index in [1.54, 1.807) is 4.90 Å². The van der Waals surface area contributed by atoms with Crippen LogP contribution in [0, 0.1) is 0 Å². The molecule has 0 saturated carbocycles. The lowest BCUT2D eigenvalue weighted by molar-refractivity contribution is -0.145. The van der Waals surface area contributed by atoms with Crippen molar-refractivity contribution in [1.82, 2.24) is 35.8 Å². The van der Waals surface area contributed by atoms with Crippen LogP contribution < -0.4 is 43.0 Å². The van der Waals surface area contributed by atoms with E-state index in [0.717, 1.165) is 5.56 Å². The molecular weight excluding hydrogens is 672 g/mol. The summed E-state index contributed by atoms with van der Waals surface area (Å²) in [4.78, 5) is 78.6. The van der Waals surface area contributed by atoms with Crippen LogP contribution in [0.2, 0.25) is 0 Å². The quantitative estimate of drug-likeness (QED) is 0.0531. The molecule has 0 atom stereocenters. The van der Waals surface area contributed by atoms with E-state index in [2.05, 4.69) is 41.5 Å². The zero-order valence-corrected chi connectivity index (χ0v) is 29.9. The first-order valence-corrected chi connectivity index (χ1v) is 17.9. The van der Waals surface area contributed by atoms with Gasteiger partial charge in [-0.05, 0) is 37.9 Å². The van der Waals surface area contributed by atoms with E-state index in [0.29, 0.717) is 77.6 Å². The fourth-order valence-corrected chi connectivity index (χ4v) is 4.99. The molecule has 0 unspecified atom stereocenters. The van der Waals surface area contributed by atoms with Gasteiger partial charge in [-0.25, -0.2) is 0 Å². The molecule has 2 heterocycles. The highest BCUT2D eigenvalue weighted by Gasteiger charge is 2.24. The zero-order valence-electron chi connectivity index (χ0n) is 29.9. The van der Waals surface area contributed by atoms with Crippen molar-refractivity contribution in [1.29, 1.82) is 0 Å². The molecule has 2 aromatic rings. The predicted octanol–water partition coefficient (Wildman–Crippen LogP) is -0.526. The van der Waals surface area contributed by atoms with Gasteiger partial charge in [-0.1, -0.05) is 30.3 Å². The summed E-state index contributed by atoms with van der Waals surface area (Å²) in [6.45, 7) is 4.76. The summed E-state index contributed by atoms with van der Waals surface area (Å²) in [5, 5.41) is 14.4. The Hall–Kier alpha value is -5.10. The van der Waals surface area contributed by atoms with Crippen molar-refractivity contribution in [3.8, 4) is 0 Å². The number of carbonyl (C=O) groups is 5. The topological polar surface area (TPSA) is 252 Å². The fourth-order valence-electron chi connectivity index (χ4n) is 4.99. The Kier molecular flexibility index (Phi) is 19.2. The number of anilines is 3. The van der Waals surface area contributed by atoms with E-state index < -0.39 is 0 Å². The molecule has 1 aliphatic rings. The highest BCUT2D eigenvalue weighted by molar-refractivity contribution is 5.79. The van der Waals surface area contributed by atoms with Crippen molar-refractivity contribution in [2.75, 3.05) is 87.5 Å². The monoisotopic (exact) mass is 726 g/mol. The van der Waals surface area contributed by atoms with Crippen LogP contribution in [-0.2, 0) is 35.3 Å². The number of nitrogens with zero attached hydrogens (tertiary/aromatic N) is 5. The van der Waals surface area contributed by atoms with Gasteiger partial charge in [-0.3, -0.25) is 24.0 Å². The maximum Gasteiger partial charge on any atom is 0.306 e. The molecule has 1 aromatic carbocycles. The molecular formula is C34H54N12O6. The van der Waals surface area contributed by atoms with Crippen molar-refractivity contribution < 1.29 is 28.7 Å². The first-order valence-electron chi connectivity index (χ1n) is 17.9. The first-order chi connectivity index (χ1) is 25.3. The smallest absolute Gasteiger partial charge is 0.306 e. The van der Waals surface area contributed by atoms with Gasteiger partial charge in [0.05, 0.1) is 0 Å². The minimum atomic E-state index is -0.336. The van der Waals surface area contributed by atoms with Gasteiger partial charge in [-0.2, -0.15) is 15.0 Å². The van der Waals surface area contributed by atoms with Crippen molar-refractivity contribution in [2.45, 2.75) is 58.0 Å². The Morgan fingerprint density at radius 3 is 1.73 bits per heavy atom. The Labute approximate surface area is 304 Å². The largest absolute Gasteiger partial charge is 0.461 e. The van der Waals surface area contributed by atoms with Crippen LogP contribution in [0.1, 0.15) is 56.9 Å². The second kappa shape index (κ2) is 24.2. The van der Waals surface area contributed by atoms with Gasteiger partial charge in [0.1, 0.15) is 6.61 Å². The molecule has 9 N–H and O–H groups in total. The van der Waals surface area contributed by atoms with E-state index in [9.17, 15) is 24.0 Å². The summed E-state index contributed by atoms with van der Waals surface area (Å²) in [6.07, 6.45) is 2.68. The number of aromatic nitrogens is 3. The lowest BCUT2D eigenvalue weighted by atomic mass is 10.2. The van der Waals surface area contributed by atoms with Gasteiger partial charge in [0.2, 0.25) is 41.5 Å². The van der Waals surface area contributed by atoms with Gasteiger partial charge in [0.15, 0.2) is 0 Å². The number of piperazine rings is 1. The van der Waals surface area contributed by atoms with Crippen LogP contribution in [0.25, 0.3) is 0 Å². The summed E-state index contributed by atoms with van der Waals surface area (Å²) in [7, 11) is 0. The van der Waals surface area contributed by atoms with Gasteiger partial charge < -0.3 is 52.6 Å². The van der Waals surface area contributed by atoms with Crippen molar-refractivity contribution in [2.24, 2.45) is 11.5 Å². The van der Waals surface area contributed by atoms with Crippen LogP contribution in [-0.4, -0.2) is 121 Å². The molecule has 18 nitrogen and oxygen atoms in total. The lowest BCUT2D eigenvalue weighted by Crippen LogP contribution is -2.49. The zero-order chi connectivity index (χ0) is 37.4. The summed E-state index contributed by atoms with van der Waals surface area (Å²) in [5.74, 6) is -0.0132. The molecule has 0 spiro atoms.